The maximum atomic E-state index is 13.4. The van der Waals surface area contributed by atoms with Gasteiger partial charge in [0.25, 0.3) is 5.91 Å². The first-order valence-electron chi connectivity index (χ1n) is 6.57. The summed E-state index contributed by atoms with van der Waals surface area (Å²) in [6.07, 6.45) is 4.18. The topological polar surface area (TPSA) is 55.1 Å². The van der Waals surface area contributed by atoms with Gasteiger partial charge in [-0.25, -0.2) is 8.78 Å². The van der Waals surface area contributed by atoms with Gasteiger partial charge in [0.2, 0.25) is 0 Å². The number of nitrogens with one attached hydrogen (secondary N) is 1. The van der Waals surface area contributed by atoms with Crippen LogP contribution in [0.5, 0.6) is 0 Å². The lowest BCUT2D eigenvalue weighted by molar-refractivity contribution is 0.0937. The minimum Gasteiger partial charge on any atom is -0.352 e. The molecule has 0 spiro atoms. The van der Waals surface area contributed by atoms with Gasteiger partial charge in [-0.15, -0.1) is 0 Å². The maximum absolute atomic E-state index is 13.4. The van der Waals surface area contributed by atoms with Gasteiger partial charge >= 0.3 is 0 Å². The van der Waals surface area contributed by atoms with Crippen molar-refractivity contribution >= 4 is 5.91 Å². The zero-order valence-electron chi connectivity index (χ0n) is 10.7. The smallest absolute Gasteiger partial charge is 0.254 e. The second kappa shape index (κ2) is 6.10. The first-order valence-corrected chi connectivity index (χ1v) is 6.57. The van der Waals surface area contributed by atoms with E-state index in [4.69, 9.17) is 5.73 Å². The fourth-order valence-corrected chi connectivity index (χ4v) is 2.48. The van der Waals surface area contributed by atoms with Crippen LogP contribution in [0.25, 0.3) is 0 Å². The molecule has 1 aliphatic carbocycles. The van der Waals surface area contributed by atoms with E-state index in [1.54, 1.807) is 0 Å². The minimum atomic E-state index is -0.842. The molecule has 5 heteroatoms. The predicted octanol–water partition coefficient (Wildman–Crippen LogP) is 2.21. The van der Waals surface area contributed by atoms with Crippen LogP contribution in [0.15, 0.2) is 18.2 Å². The highest BCUT2D eigenvalue weighted by atomic mass is 19.1. The van der Waals surface area contributed by atoms with Gasteiger partial charge in [0, 0.05) is 18.7 Å². The number of carbonyl (C=O) groups is 1. The van der Waals surface area contributed by atoms with Gasteiger partial charge < -0.3 is 11.1 Å². The molecule has 0 bridgehead atoms. The van der Waals surface area contributed by atoms with E-state index in [0.29, 0.717) is 12.6 Å². The highest BCUT2D eigenvalue weighted by molar-refractivity contribution is 5.94. The standard InChI is InChI=1S/C14H18F2N2O/c15-10-5-6-11(12(16)7-10)14(19)18-8-9-3-1-2-4-13(9)17/h5-7,9,13H,1-4,8,17H2,(H,18,19). The van der Waals surface area contributed by atoms with E-state index in [2.05, 4.69) is 5.32 Å². The second-order valence-electron chi connectivity index (χ2n) is 5.04. The third kappa shape index (κ3) is 3.50. The SMILES string of the molecule is NC1CCCCC1CNC(=O)c1ccc(F)cc1F. The molecule has 3 N–H and O–H groups in total. The van der Waals surface area contributed by atoms with Crippen molar-refractivity contribution in [2.24, 2.45) is 11.7 Å². The Bertz CT molecular complexity index is 465. The van der Waals surface area contributed by atoms with Crippen LogP contribution in [-0.2, 0) is 0 Å². The van der Waals surface area contributed by atoms with Gasteiger partial charge in [-0.2, -0.15) is 0 Å². The van der Waals surface area contributed by atoms with Crippen LogP contribution in [0.3, 0.4) is 0 Å². The number of hydrogen-bond acceptors (Lipinski definition) is 2. The van der Waals surface area contributed by atoms with Gasteiger partial charge in [-0.3, -0.25) is 4.79 Å². The van der Waals surface area contributed by atoms with E-state index in [-0.39, 0.29) is 17.5 Å². The highest BCUT2D eigenvalue weighted by Gasteiger charge is 2.22. The lowest BCUT2D eigenvalue weighted by Gasteiger charge is -2.28. The summed E-state index contributed by atoms with van der Waals surface area (Å²) in [5, 5.41) is 2.68. The average molecular weight is 268 g/mol. The van der Waals surface area contributed by atoms with Gasteiger partial charge in [-0.1, -0.05) is 12.8 Å². The molecule has 104 valence electrons. The number of halogens is 2. The Morgan fingerprint density at radius 1 is 1.32 bits per heavy atom. The molecule has 1 aromatic carbocycles. The van der Waals surface area contributed by atoms with E-state index in [9.17, 15) is 13.6 Å². The zero-order valence-corrected chi connectivity index (χ0v) is 10.7. The Hall–Kier alpha value is -1.49. The van der Waals surface area contributed by atoms with Crippen LogP contribution >= 0.6 is 0 Å². The summed E-state index contributed by atoms with van der Waals surface area (Å²) in [6, 6.07) is 3.03. The van der Waals surface area contributed by atoms with Crippen molar-refractivity contribution in [1.82, 2.24) is 5.32 Å². The summed E-state index contributed by atoms with van der Waals surface area (Å²) in [6.45, 7) is 0.441. The summed E-state index contributed by atoms with van der Waals surface area (Å²) >= 11 is 0. The van der Waals surface area contributed by atoms with Crippen molar-refractivity contribution in [2.75, 3.05) is 6.54 Å². The molecule has 0 saturated heterocycles. The van der Waals surface area contributed by atoms with Gasteiger partial charge in [0.1, 0.15) is 11.6 Å². The Morgan fingerprint density at radius 2 is 2.05 bits per heavy atom. The number of amides is 1. The molecule has 2 unspecified atom stereocenters. The van der Waals surface area contributed by atoms with Gasteiger partial charge in [-0.05, 0) is 30.9 Å². The van der Waals surface area contributed by atoms with Crippen LogP contribution in [-0.4, -0.2) is 18.5 Å². The molecule has 2 rings (SSSR count). The molecule has 0 aromatic heterocycles. The molecule has 1 saturated carbocycles. The molecule has 19 heavy (non-hydrogen) atoms. The van der Waals surface area contributed by atoms with E-state index >= 15 is 0 Å². The van der Waals surface area contributed by atoms with Crippen LogP contribution in [0.4, 0.5) is 8.78 Å². The lowest BCUT2D eigenvalue weighted by Crippen LogP contribution is -2.41. The average Bonchev–Trinajstić information content (AvgIpc) is 2.37. The van der Waals surface area contributed by atoms with Crippen molar-refractivity contribution < 1.29 is 13.6 Å². The van der Waals surface area contributed by atoms with E-state index in [1.807, 2.05) is 0 Å². The fourth-order valence-electron chi connectivity index (χ4n) is 2.48. The van der Waals surface area contributed by atoms with Crippen molar-refractivity contribution in [2.45, 2.75) is 31.7 Å². The first kappa shape index (κ1) is 13.9. The molecule has 1 fully saturated rings. The molecule has 2 atom stereocenters. The molecule has 0 radical (unpaired) electrons. The van der Waals surface area contributed by atoms with Crippen LogP contribution in [0.1, 0.15) is 36.0 Å². The van der Waals surface area contributed by atoms with Crippen molar-refractivity contribution in [3.8, 4) is 0 Å². The zero-order chi connectivity index (χ0) is 13.8. The van der Waals surface area contributed by atoms with Crippen LogP contribution in [0, 0.1) is 17.6 Å². The number of rotatable bonds is 3. The Morgan fingerprint density at radius 3 is 2.74 bits per heavy atom. The Kier molecular flexibility index (Phi) is 4.47. The number of nitrogens with two attached hydrogens (primary N) is 1. The molecular formula is C14H18F2N2O. The fraction of sp³-hybridized carbons (Fsp3) is 0.500. The van der Waals surface area contributed by atoms with E-state index < -0.39 is 17.5 Å². The number of carbonyl (C=O) groups excluding carboxylic acids is 1. The molecular weight excluding hydrogens is 250 g/mol. The third-order valence-electron chi connectivity index (χ3n) is 3.67. The summed E-state index contributed by atoms with van der Waals surface area (Å²) in [5.74, 6) is -1.81. The van der Waals surface area contributed by atoms with E-state index in [1.165, 1.54) is 0 Å². The van der Waals surface area contributed by atoms with Gasteiger partial charge in [0.15, 0.2) is 0 Å². The summed E-state index contributed by atoms with van der Waals surface area (Å²) < 4.78 is 26.2. The second-order valence-corrected chi connectivity index (χ2v) is 5.04. The highest BCUT2D eigenvalue weighted by Crippen LogP contribution is 2.22. The summed E-state index contributed by atoms with van der Waals surface area (Å²) in [4.78, 5) is 11.8. The predicted molar refractivity (Wildman–Crippen MR) is 68.6 cm³/mol. The van der Waals surface area contributed by atoms with Gasteiger partial charge in [0.05, 0.1) is 5.56 Å². The number of hydrogen-bond donors (Lipinski definition) is 2. The quantitative estimate of drug-likeness (QED) is 0.883. The van der Waals surface area contributed by atoms with Crippen molar-refractivity contribution in [1.29, 1.82) is 0 Å². The molecule has 1 aliphatic rings. The summed E-state index contributed by atoms with van der Waals surface area (Å²) in [7, 11) is 0. The van der Waals surface area contributed by atoms with Crippen molar-refractivity contribution in [3.05, 3.63) is 35.4 Å². The lowest BCUT2D eigenvalue weighted by atomic mass is 9.85. The monoisotopic (exact) mass is 268 g/mol. The van der Waals surface area contributed by atoms with Crippen LogP contribution in [0.2, 0.25) is 0 Å². The molecule has 1 amide bonds. The molecule has 1 aromatic rings. The molecule has 3 nitrogen and oxygen atoms in total. The molecule has 0 aliphatic heterocycles. The third-order valence-corrected chi connectivity index (χ3v) is 3.67. The van der Waals surface area contributed by atoms with Crippen LogP contribution < -0.4 is 11.1 Å². The Labute approximate surface area is 111 Å². The number of benzene rings is 1. The Balaban J connectivity index is 1.93. The molecule has 0 heterocycles. The first-order chi connectivity index (χ1) is 9.08. The normalized spacial score (nSPS) is 23.1. The van der Waals surface area contributed by atoms with Crippen molar-refractivity contribution in [3.63, 3.8) is 0 Å². The van der Waals surface area contributed by atoms with E-state index in [0.717, 1.165) is 37.8 Å². The largest absolute Gasteiger partial charge is 0.352 e. The summed E-state index contributed by atoms with van der Waals surface area (Å²) in [5.41, 5.74) is 5.85. The maximum Gasteiger partial charge on any atom is 0.254 e. The minimum absolute atomic E-state index is 0.0899.